The summed E-state index contributed by atoms with van der Waals surface area (Å²) in [5, 5.41) is 2.81. The van der Waals surface area contributed by atoms with Gasteiger partial charge >= 0.3 is 0 Å². The van der Waals surface area contributed by atoms with Crippen LogP contribution in [0, 0.1) is 17.8 Å². The van der Waals surface area contributed by atoms with Crippen molar-refractivity contribution in [3.05, 3.63) is 46.5 Å². The second-order valence-electron chi connectivity index (χ2n) is 8.82. The number of rotatable bonds is 4. The molecule has 5 rings (SSSR count). The number of fused-ring (bicyclic) bond motifs is 2. The molecule has 2 heteroatoms. The van der Waals surface area contributed by atoms with E-state index in [1.165, 1.54) is 33.8 Å². The van der Waals surface area contributed by atoms with Gasteiger partial charge in [0.25, 0.3) is 0 Å². The van der Waals surface area contributed by atoms with Gasteiger partial charge in [-0.25, -0.2) is 0 Å². The van der Waals surface area contributed by atoms with Crippen molar-refractivity contribution < 1.29 is 4.79 Å². The van der Waals surface area contributed by atoms with Gasteiger partial charge in [-0.2, -0.15) is 0 Å². The maximum Gasteiger partial charge on any atom is 0.135 e. The minimum atomic E-state index is 0.312. The Kier molecular flexibility index (Phi) is 7.97. The second kappa shape index (κ2) is 10.5. The lowest BCUT2D eigenvalue weighted by molar-refractivity contribution is -0.123. The SMILES string of the molecule is CC.CC.CCC(=O)C1CCC(c2cccc(-c3cc4c(n3C)=CC3CC3C=4)c2)CC1. The predicted octanol–water partition coefficient (Wildman–Crippen LogP) is 6.21. The molecule has 3 aliphatic rings. The van der Waals surface area contributed by atoms with Crippen LogP contribution in [-0.2, 0) is 11.8 Å². The van der Waals surface area contributed by atoms with E-state index in [1.807, 2.05) is 34.6 Å². The Hall–Kier alpha value is -2.09. The van der Waals surface area contributed by atoms with E-state index in [0.717, 1.165) is 37.5 Å². The summed E-state index contributed by atoms with van der Waals surface area (Å²) in [5.41, 5.74) is 4.10. The molecule has 1 heterocycles. The van der Waals surface area contributed by atoms with Crippen molar-refractivity contribution in [3.8, 4) is 11.3 Å². The standard InChI is InChI=1S/C25H29NO.2C2H6/c1-3-25(27)17-9-7-16(8-10-17)18-5-4-6-19(11-18)23-15-22-13-20-12-21(20)14-24(22)26(23)2;2*1-2/h4-6,11,13-17,20-21H,3,7-10,12H2,1-2H3;2*1-2H3. The first kappa shape index (κ1) is 23.6. The topological polar surface area (TPSA) is 22.0 Å². The van der Waals surface area contributed by atoms with Gasteiger partial charge in [0, 0.05) is 30.4 Å². The number of nitrogens with zero attached hydrogens (tertiary/aromatic N) is 1. The summed E-state index contributed by atoms with van der Waals surface area (Å²) in [7, 11) is 2.20. The molecule has 3 aliphatic carbocycles. The van der Waals surface area contributed by atoms with E-state index in [4.69, 9.17) is 0 Å². The largest absolute Gasteiger partial charge is 0.344 e. The average molecular weight is 420 g/mol. The number of carbonyl (C=O) groups excluding carboxylic acids is 1. The van der Waals surface area contributed by atoms with E-state index < -0.39 is 0 Å². The molecule has 0 N–H and O–H groups in total. The Morgan fingerprint density at radius 3 is 2.32 bits per heavy atom. The monoisotopic (exact) mass is 419 g/mol. The van der Waals surface area contributed by atoms with Crippen LogP contribution in [0.5, 0.6) is 0 Å². The van der Waals surface area contributed by atoms with E-state index in [9.17, 15) is 4.79 Å². The first-order valence-electron chi connectivity index (χ1n) is 12.7. The molecule has 0 saturated heterocycles. The van der Waals surface area contributed by atoms with Gasteiger partial charge in [-0.05, 0) is 78.3 Å². The molecule has 0 radical (unpaired) electrons. The van der Waals surface area contributed by atoms with E-state index >= 15 is 0 Å². The Morgan fingerprint density at radius 1 is 0.968 bits per heavy atom. The van der Waals surface area contributed by atoms with Crippen molar-refractivity contribution in [2.75, 3.05) is 0 Å². The molecule has 2 unspecified atom stereocenters. The molecule has 1 aromatic carbocycles. The van der Waals surface area contributed by atoms with Crippen LogP contribution in [0.1, 0.15) is 84.6 Å². The molecule has 2 nitrogen and oxygen atoms in total. The minimum Gasteiger partial charge on any atom is -0.344 e. The van der Waals surface area contributed by atoms with Crippen LogP contribution in [0.15, 0.2) is 30.3 Å². The number of hydrogen-bond acceptors (Lipinski definition) is 1. The number of ketones is 1. The summed E-state index contributed by atoms with van der Waals surface area (Å²) >= 11 is 0. The average Bonchev–Trinajstić information content (AvgIpc) is 3.54. The second-order valence-corrected chi connectivity index (χ2v) is 8.82. The first-order valence-corrected chi connectivity index (χ1v) is 12.7. The molecule has 1 aromatic heterocycles. The van der Waals surface area contributed by atoms with Crippen molar-refractivity contribution in [1.82, 2.24) is 4.57 Å². The third-order valence-electron chi connectivity index (χ3n) is 7.15. The molecule has 31 heavy (non-hydrogen) atoms. The van der Waals surface area contributed by atoms with Gasteiger partial charge in [0.15, 0.2) is 0 Å². The first-order chi connectivity index (χ1) is 15.1. The summed E-state index contributed by atoms with van der Waals surface area (Å²) in [4.78, 5) is 12.0. The van der Waals surface area contributed by atoms with Crippen molar-refractivity contribution in [2.24, 2.45) is 24.8 Å². The lowest BCUT2D eigenvalue weighted by Gasteiger charge is -2.28. The zero-order chi connectivity index (χ0) is 22.5. The maximum atomic E-state index is 12.0. The van der Waals surface area contributed by atoms with Crippen LogP contribution in [-0.4, -0.2) is 10.4 Å². The normalized spacial score (nSPS) is 25.2. The molecule has 2 saturated carbocycles. The van der Waals surface area contributed by atoms with Crippen molar-refractivity contribution in [3.63, 3.8) is 0 Å². The third-order valence-corrected chi connectivity index (χ3v) is 7.15. The van der Waals surface area contributed by atoms with Crippen molar-refractivity contribution in [1.29, 1.82) is 0 Å². The van der Waals surface area contributed by atoms with Crippen LogP contribution in [0.3, 0.4) is 0 Å². The van der Waals surface area contributed by atoms with Crippen LogP contribution in [0.4, 0.5) is 0 Å². The summed E-state index contributed by atoms with van der Waals surface area (Å²) in [5.74, 6) is 2.95. The van der Waals surface area contributed by atoms with E-state index in [2.05, 4.69) is 54.1 Å². The van der Waals surface area contributed by atoms with Crippen LogP contribution >= 0.6 is 0 Å². The molecule has 0 aliphatic heterocycles. The number of carbonyl (C=O) groups is 1. The highest BCUT2D eigenvalue weighted by Gasteiger charge is 2.35. The Morgan fingerprint density at radius 2 is 1.65 bits per heavy atom. The number of benzene rings is 1. The van der Waals surface area contributed by atoms with Crippen molar-refractivity contribution >= 4 is 17.9 Å². The van der Waals surface area contributed by atoms with Gasteiger partial charge in [-0.3, -0.25) is 4.79 Å². The maximum absolute atomic E-state index is 12.0. The fourth-order valence-electron chi connectivity index (χ4n) is 5.30. The molecule has 0 bridgehead atoms. The smallest absolute Gasteiger partial charge is 0.135 e. The summed E-state index contributed by atoms with van der Waals surface area (Å²) in [6.07, 6.45) is 11.4. The van der Waals surface area contributed by atoms with Crippen LogP contribution < -0.4 is 10.6 Å². The number of aromatic nitrogens is 1. The molecule has 2 aromatic rings. The summed E-state index contributed by atoms with van der Waals surface area (Å²) in [6.45, 7) is 10.00. The van der Waals surface area contributed by atoms with Gasteiger partial charge in [0.05, 0.1) is 0 Å². The van der Waals surface area contributed by atoms with E-state index in [0.29, 0.717) is 24.0 Å². The fraction of sp³-hybridized carbons (Fsp3) is 0.552. The Labute approximate surface area is 189 Å². The minimum absolute atomic E-state index is 0.312. The quantitative estimate of drug-likeness (QED) is 0.577. The van der Waals surface area contributed by atoms with Gasteiger partial charge in [-0.15, -0.1) is 0 Å². The van der Waals surface area contributed by atoms with Crippen molar-refractivity contribution in [2.45, 2.75) is 79.1 Å². The summed E-state index contributed by atoms with van der Waals surface area (Å²) in [6, 6.07) is 11.5. The molecule has 0 amide bonds. The lowest BCUT2D eigenvalue weighted by Crippen LogP contribution is -2.29. The lowest BCUT2D eigenvalue weighted by atomic mass is 9.76. The number of hydrogen-bond donors (Lipinski definition) is 0. The fourth-order valence-corrected chi connectivity index (χ4v) is 5.30. The van der Waals surface area contributed by atoms with Gasteiger partial charge in [0.1, 0.15) is 5.78 Å². The molecule has 2 fully saturated rings. The van der Waals surface area contributed by atoms with Gasteiger partial charge in [-0.1, -0.05) is 65.0 Å². The van der Waals surface area contributed by atoms with Gasteiger partial charge < -0.3 is 4.57 Å². The zero-order valence-corrected chi connectivity index (χ0v) is 20.4. The Balaban J connectivity index is 0.000000645. The van der Waals surface area contributed by atoms with E-state index in [1.54, 1.807) is 0 Å². The molecule has 168 valence electrons. The number of Topliss-reactive ketones (excluding diaryl/α,β-unsaturated/α-hetero) is 1. The third kappa shape index (κ3) is 4.89. The highest BCUT2D eigenvalue weighted by atomic mass is 16.1. The van der Waals surface area contributed by atoms with Crippen LogP contribution in [0.25, 0.3) is 23.4 Å². The highest BCUT2D eigenvalue weighted by Crippen LogP contribution is 2.42. The summed E-state index contributed by atoms with van der Waals surface area (Å²) < 4.78 is 2.37. The molecule has 2 atom stereocenters. The van der Waals surface area contributed by atoms with E-state index in [-0.39, 0.29) is 0 Å². The van der Waals surface area contributed by atoms with Crippen LogP contribution in [0.2, 0.25) is 0 Å². The molecular weight excluding hydrogens is 378 g/mol. The van der Waals surface area contributed by atoms with Gasteiger partial charge in [0.2, 0.25) is 0 Å². The predicted molar refractivity (Wildman–Crippen MR) is 133 cm³/mol. The highest BCUT2D eigenvalue weighted by molar-refractivity contribution is 5.80. The Bertz CT molecular complexity index is 1000. The molecular formula is C29H41NO. The zero-order valence-electron chi connectivity index (χ0n) is 20.4. The molecule has 0 spiro atoms.